The van der Waals surface area contributed by atoms with E-state index in [-0.39, 0.29) is 5.60 Å². The molecule has 0 aromatic heterocycles. The SMILES string of the molecule is CCC(C)(C)OCC(=O)C1CCCC1. The first-order valence-electron chi connectivity index (χ1n) is 5.72. The van der Waals surface area contributed by atoms with Gasteiger partial charge in [-0.05, 0) is 33.1 Å². The largest absolute Gasteiger partial charge is 0.368 e. The molecule has 0 aromatic carbocycles. The Morgan fingerprint density at radius 2 is 1.93 bits per heavy atom. The maximum Gasteiger partial charge on any atom is 0.161 e. The maximum atomic E-state index is 11.7. The van der Waals surface area contributed by atoms with Gasteiger partial charge in [-0.2, -0.15) is 0 Å². The van der Waals surface area contributed by atoms with Crippen LogP contribution in [-0.4, -0.2) is 18.0 Å². The van der Waals surface area contributed by atoms with Crippen molar-refractivity contribution in [3.8, 4) is 0 Å². The molecule has 1 fully saturated rings. The van der Waals surface area contributed by atoms with Crippen molar-refractivity contribution in [1.29, 1.82) is 0 Å². The molecule has 0 heterocycles. The summed E-state index contributed by atoms with van der Waals surface area (Å²) in [6.45, 7) is 6.47. The summed E-state index contributed by atoms with van der Waals surface area (Å²) in [5, 5.41) is 0. The monoisotopic (exact) mass is 198 g/mol. The highest BCUT2D eigenvalue weighted by Gasteiger charge is 2.24. The van der Waals surface area contributed by atoms with Gasteiger partial charge in [-0.3, -0.25) is 4.79 Å². The summed E-state index contributed by atoms with van der Waals surface area (Å²) in [6.07, 6.45) is 5.54. The summed E-state index contributed by atoms with van der Waals surface area (Å²) >= 11 is 0. The van der Waals surface area contributed by atoms with Gasteiger partial charge in [-0.25, -0.2) is 0 Å². The highest BCUT2D eigenvalue weighted by atomic mass is 16.5. The zero-order chi connectivity index (χ0) is 10.6. The smallest absolute Gasteiger partial charge is 0.161 e. The van der Waals surface area contributed by atoms with Gasteiger partial charge in [-0.15, -0.1) is 0 Å². The third-order valence-corrected chi connectivity index (χ3v) is 3.27. The Kier molecular flexibility index (Phi) is 4.11. The second kappa shape index (κ2) is 4.92. The third-order valence-electron chi connectivity index (χ3n) is 3.27. The number of carbonyl (C=O) groups excluding carboxylic acids is 1. The van der Waals surface area contributed by atoms with E-state index in [1.54, 1.807) is 0 Å². The molecule has 0 amide bonds. The van der Waals surface area contributed by atoms with E-state index in [1.165, 1.54) is 12.8 Å². The number of carbonyl (C=O) groups is 1. The first-order chi connectivity index (χ1) is 6.55. The van der Waals surface area contributed by atoms with Crippen LogP contribution >= 0.6 is 0 Å². The zero-order valence-corrected chi connectivity index (χ0v) is 9.64. The van der Waals surface area contributed by atoms with Gasteiger partial charge in [0.25, 0.3) is 0 Å². The Morgan fingerprint density at radius 1 is 1.36 bits per heavy atom. The normalized spacial score (nSPS) is 18.8. The van der Waals surface area contributed by atoms with E-state index in [0.717, 1.165) is 19.3 Å². The summed E-state index contributed by atoms with van der Waals surface area (Å²) in [5.74, 6) is 0.603. The average Bonchev–Trinajstić information content (AvgIpc) is 2.67. The second-order valence-electron chi connectivity index (χ2n) is 4.85. The lowest BCUT2D eigenvalue weighted by Gasteiger charge is -2.23. The van der Waals surface area contributed by atoms with Crippen LogP contribution in [-0.2, 0) is 9.53 Å². The summed E-state index contributed by atoms with van der Waals surface area (Å²) < 4.78 is 5.60. The van der Waals surface area contributed by atoms with E-state index in [9.17, 15) is 4.79 Å². The molecule has 0 unspecified atom stereocenters. The van der Waals surface area contributed by atoms with Gasteiger partial charge in [0.15, 0.2) is 5.78 Å². The molecule has 0 radical (unpaired) electrons. The molecule has 0 spiro atoms. The van der Waals surface area contributed by atoms with Crippen LogP contribution in [0.2, 0.25) is 0 Å². The minimum atomic E-state index is -0.145. The topological polar surface area (TPSA) is 26.3 Å². The minimum Gasteiger partial charge on any atom is -0.368 e. The Labute approximate surface area is 87.0 Å². The molecule has 0 bridgehead atoms. The van der Waals surface area contributed by atoms with E-state index in [2.05, 4.69) is 6.92 Å². The third kappa shape index (κ3) is 3.41. The van der Waals surface area contributed by atoms with Gasteiger partial charge in [0.1, 0.15) is 6.61 Å². The molecule has 0 aromatic rings. The number of ketones is 1. The molecule has 1 aliphatic rings. The number of rotatable bonds is 5. The number of Topliss-reactive ketones (excluding diaryl/α,β-unsaturated/α-hetero) is 1. The van der Waals surface area contributed by atoms with Crippen LogP contribution in [0, 0.1) is 5.92 Å². The fourth-order valence-corrected chi connectivity index (χ4v) is 1.73. The van der Waals surface area contributed by atoms with Crippen molar-refractivity contribution in [1.82, 2.24) is 0 Å². The Balaban J connectivity index is 2.27. The molecular weight excluding hydrogens is 176 g/mol. The van der Waals surface area contributed by atoms with Gasteiger partial charge in [0.05, 0.1) is 5.60 Å². The Hall–Kier alpha value is -0.370. The van der Waals surface area contributed by atoms with Gasteiger partial charge in [0.2, 0.25) is 0 Å². The van der Waals surface area contributed by atoms with Gasteiger partial charge in [0, 0.05) is 5.92 Å². The number of hydrogen-bond acceptors (Lipinski definition) is 2. The van der Waals surface area contributed by atoms with Crippen molar-refractivity contribution >= 4 is 5.78 Å². The maximum absolute atomic E-state index is 11.7. The standard InChI is InChI=1S/C12H22O2/c1-4-12(2,3)14-9-11(13)10-7-5-6-8-10/h10H,4-9H2,1-3H3. The lowest BCUT2D eigenvalue weighted by atomic mass is 10.0. The molecule has 1 saturated carbocycles. The van der Waals surface area contributed by atoms with Gasteiger partial charge < -0.3 is 4.74 Å². The molecule has 2 heteroatoms. The molecule has 82 valence electrons. The quantitative estimate of drug-likeness (QED) is 0.679. The predicted octanol–water partition coefficient (Wildman–Crippen LogP) is 2.95. The molecule has 0 atom stereocenters. The summed E-state index contributed by atoms with van der Waals surface area (Å²) in [5.41, 5.74) is -0.145. The van der Waals surface area contributed by atoms with Crippen molar-refractivity contribution in [2.75, 3.05) is 6.61 Å². The van der Waals surface area contributed by atoms with Crippen molar-refractivity contribution in [2.24, 2.45) is 5.92 Å². The van der Waals surface area contributed by atoms with Crippen LogP contribution < -0.4 is 0 Å². The molecule has 1 rings (SSSR count). The molecule has 0 saturated heterocycles. The zero-order valence-electron chi connectivity index (χ0n) is 9.64. The van der Waals surface area contributed by atoms with Crippen molar-refractivity contribution in [2.45, 2.75) is 58.5 Å². The molecule has 2 nitrogen and oxygen atoms in total. The van der Waals surface area contributed by atoms with E-state index in [0.29, 0.717) is 18.3 Å². The van der Waals surface area contributed by atoms with Crippen molar-refractivity contribution < 1.29 is 9.53 Å². The van der Waals surface area contributed by atoms with Crippen LogP contribution in [0.4, 0.5) is 0 Å². The van der Waals surface area contributed by atoms with Crippen LogP contribution in [0.25, 0.3) is 0 Å². The van der Waals surface area contributed by atoms with Crippen LogP contribution in [0.3, 0.4) is 0 Å². The number of ether oxygens (including phenoxy) is 1. The Morgan fingerprint density at radius 3 is 2.43 bits per heavy atom. The van der Waals surface area contributed by atoms with Crippen LogP contribution in [0.5, 0.6) is 0 Å². The highest BCUT2D eigenvalue weighted by molar-refractivity contribution is 5.82. The molecule has 0 N–H and O–H groups in total. The van der Waals surface area contributed by atoms with Gasteiger partial charge >= 0.3 is 0 Å². The van der Waals surface area contributed by atoms with E-state index >= 15 is 0 Å². The first kappa shape index (κ1) is 11.7. The second-order valence-corrected chi connectivity index (χ2v) is 4.85. The van der Waals surface area contributed by atoms with Crippen molar-refractivity contribution in [3.63, 3.8) is 0 Å². The number of hydrogen-bond donors (Lipinski definition) is 0. The summed E-state index contributed by atoms with van der Waals surface area (Å²) in [6, 6.07) is 0. The average molecular weight is 198 g/mol. The molecule has 1 aliphatic carbocycles. The lowest BCUT2D eigenvalue weighted by Crippen LogP contribution is -2.28. The predicted molar refractivity (Wildman–Crippen MR) is 57.3 cm³/mol. The fraction of sp³-hybridized carbons (Fsp3) is 0.917. The minimum absolute atomic E-state index is 0.145. The fourth-order valence-electron chi connectivity index (χ4n) is 1.73. The van der Waals surface area contributed by atoms with Crippen LogP contribution in [0.1, 0.15) is 52.9 Å². The Bertz CT molecular complexity index is 190. The van der Waals surface area contributed by atoms with E-state index in [4.69, 9.17) is 4.74 Å². The highest BCUT2D eigenvalue weighted by Crippen LogP contribution is 2.26. The molecular formula is C12H22O2. The van der Waals surface area contributed by atoms with Crippen LogP contribution in [0.15, 0.2) is 0 Å². The summed E-state index contributed by atoms with van der Waals surface area (Å²) in [7, 11) is 0. The van der Waals surface area contributed by atoms with Gasteiger partial charge in [-0.1, -0.05) is 19.8 Å². The summed E-state index contributed by atoms with van der Waals surface area (Å²) in [4.78, 5) is 11.7. The molecule has 14 heavy (non-hydrogen) atoms. The van der Waals surface area contributed by atoms with E-state index in [1.807, 2.05) is 13.8 Å². The molecule has 0 aliphatic heterocycles. The first-order valence-corrected chi connectivity index (χ1v) is 5.72. The van der Waals surface area contributed by atoms with E-state index < -0.39 is 0 Å². The van der Waals surface area contributed by atoms with Crippen molar-refractivity contribution in [3.05, 3.63) is 0 Å². The lowest BCUT2D eigenvalue weighted by molar-refractivity contribution is -0.133.